The van der Waals surface area contributed by atoms with E-state index in [1.807, 2.05) is 12.1 Å². The molecule has 19 heteroatoms. The summed E-state index contributed by atoms with van der Waals surface area (Å²) in [6.07, 6.45) is 1.55. The highest BCUT2D eigenvalue weighted by molar-refractivity contribution is 7.50. The van der Waals surface area contributed by atoms with E-state index in [-0.39, 0.29) is 75.5 Å². The van der Waals surface area contributed by atoms with E-state index in [1.54, 1.807) is 85.8 Å². The molecule has 366 valence electrons. The molecule has 0 aliphatic carbocycles. The molecule has 4 atom stereocenters. The molecule has 0 spiro atoms. The summed E-state index contributed by atoms with van der Waals surface area (Å²) >= 11 is 5.76. The van der Waals surface area contributed by atoms with E-state index in [1.165, 1.54) is 12.1 Å². The van der Waals surface area contributed by atoms with Crippen LogP contribution in [0.1, 0.15) is 98.2 Å². The highest BCUT2D eigenvalue weighted by atomic mass is 35.5. The molecule has 0 saturated heterocycles. The monoisotopic (exact) mass is 980 g/mol. The van der Waals surface area contributed by atoms with Gasteiger partial charge in [-0.25, -0.2) is 18.8 Å². The van der Waals surface area contributed by atoms with Crippen molar-refractivity contribution in [2.45, 2.75) is 109 Å². The van der Waals surface area contributed by atoms with Crippen molar-refractivity contribution >= 4 is 55.0 Å². The number of carbonyl (C=O) groups excluding carboxylic acids is 6. The molecular formula is C49H59ClFN4O12P. The van der Waals surface area contributed by atoms with Crippen molar-refractivity contribution in [3.63, 3.8) is 0 Å². The normalized spacial score (nSPS) is 13.2. The lowest BCUT2D eigenvalue weighted by atomic mass is 10.1. The molecule has 4 aromatic carbocycles. The van der Waals surface area contributed by atoms with Crippen LogP contribution in [0.15, 0.2) is 109 Å². The zero-order chi connectivity index (χ0) is 49.2. The molecular weight excluding hydrogens is 922 g/mol. The van der Waals surface area contributed by atoms with E-state index in [9.17, 15) is 42.6 Å². The quantitative estimate of drug-likeness (QED) is 0.0149. The maximum Gasteiger partial charge on any atom is 0.403 e. The molecule has 3 amide bonds. The van der Waals surface area contributed by atoms with Crippen LogP contribution in [0.4, 0.5) is 4.39 Å². The highest BCUT2D eigenvalue weighted by Crippen LogP contribution is 2.38. The minimum Gasteiger partial charge on any atom is -0.461 e. The molecule has 0 heterocycles. The summed E-state index contributed by atoms with van der Waals surface area (Å²) in [5.41, 5.74) is 2.42. The molecule has 0 radical (unpaired) electrons. The smallest absolute Gasteiger partial charge is 0.403 e. The molecule has 1 unspecified atom stereocenters. The molecule has 0 aliphatic rings. The number of carbonyl (C=O) groups is 6. The third-order valence-corrected chi connectivity index (χ3v) is 11.7. The van der Waals surface area contributed by atoms with E-state index >= 15 is 0 Å². The maximum absolute atomic E-state index is 13.4. The Bertz CT molecular complexity index is 2280. The average Bonchev–Trinajstić information content (AvgIpc) is 3.33. The molecule has 4 aromatic rings. The molecule has 4 rings (SSSR count). The molecule has 0 aliphatic heterocycles. The molecule has 16 nitrogen and oxygen atoms in total. The van der Waals surface area contributed by atoms with Crippen molar-refractivity contribution in [2.24, 2.45) is 0 Å². The van der Waals surface area contributed by atoms with E-state index in [2.05, 4.69) is 21.0 Å². The Morgan fingerprint density at radius 2 is 1.19 bits per heavy atom. The third-order valence-electron chi connectivity index (χ3n) is 10.2. The number of benzene rings is 4. The van der Waals surface area contributed by atoms with Crippen molar-refractivity contribution in [3.8, 4) is 0 Å². The van der Waals surface area contributed by atoms with Gasteiger partial charge in [0, 0.05) is 37.4 Å². The number of esters is 3. The SMILES string of the molecule is C[C@H](CCCOP(=O)(O)N[C@@H](CCC(=O)OCc1ccccc1)C(=O)OCc1ccccc1)NC(=O)CC[C@H](NC(=O)CCCCCNC(=O)c1ccc(F)c(Cl)c1)C(=O)OCc1ccccc1. The van der Waals surface area contributed by atoms with Crippen LogP contribution in [-0.2, 0) is 67.1 Å². The zero-order valence-corrected chi connectivity index (χ0v) is 39.5. The number of rotatable bonds is 30. The second-order valence-electron chi connectivity index (χ2n) is 15.9. The lowest BCUT2D eigenvalue weighted by molar-refractivity contribution is -0.150. The minimum absolute atomic E-state index is 0.0208. The van der Waals surface area contributed by atoms with E-state index in [4.69, 9.17) is 30.3 Å². The Labute approximate surface area is 400 Å². The molecule has 0 fully saturated rings. The Kier molecular flexibility index (Phi) is 23.9. The van der Waals surface area contributed by atoms with E-state index in [0.29, 0.717) is 37.8 Å². The van der Waals surface area contributed by atoms with Crippen LogP contribution in [0.25, 0.3) is 0 Å². The topological polar surface area (TPSA) is 225 Å². The van der Waals surface area contributed by atoms with Crippen LogP contribution in [0.5, 0.6) is 0 Å². The second kappa shape index (κ2) is 29.7. The fourth-order valence-electron chi connectivity index (χ4n) is 6.52. The number of nitrogens with one attached hydrogen (secondary N) is 4. The van der Waals surface area contributed by atoms with Gasteiger partial charge in [-0.2, -0.15) is 0 Å². The predicted octanol–water partition coefficient (Wildman–Crippen LogP) is 7.40. The van der Waals surface area contributed by atoms with Crippen LogP contribution in [0.3, 0.4) is 0 Å². The molecule has 0 saturated carbocycles. The Morgan fingerprint density at radius 1 is 0.647 bits per heavy atom. The number of hydrogen-bond acceptors (Lipinski definition) is 11. The van der Waals surface area contributed by atoms with Crippen molar-refractivity contribution in [2.75, 3.05) is 13.2 Å². The Hall–Kier alpha value is -5.97. The predicted molar refractivity (Wildman–Crippen MR) is 251 cm³/mol. The molecule has 0 aromatic heterocycles. The second-order valence-corrected chi connectivity index (χ2v) is 17.8. The van der Waals surface area contributed by atoms with Gasteiger partial charge in [-0.05, 0) is 80.3 Å². The van der Waals surface area contributed by atoms with Crippen LogP contribution in [0.2, 0.25) is 5.02 Å². The zero-order valence-electron chi connectivity index (χ0n) is 37.9. The highest BCUT2D eigenvalue weighted by Gasteiger charge is 2.31. The van der Waals surface area contributed by atoms with Gasteiger partial charge in [0.2, 0.25) is 11.8 Å². The molecule has 68 heavy (non-hydrogen) atoms. The number of hydrogen-bond donors (Lipinski definition) is 5. The van der Waals surface area contributed by atoms with Crippen molar-refractivity contribution in [1.29, 1.82) is 0 Å². The first kappa shape index (κ1) is 54.6. The first-order valence-electron chi connectivity index (χ1n) is 22.3. The lowest BCUT2D eigenvalue weighted by Crippen LogP contribution is -2.43. The van der Waals surface area contributed by atoms with Gasteiger partial charge in [0.25, 0.3) is 5.91 Å². The fraction of sp³-hybridized carbons (Fsp3) is 0.388. The number of unbranched alkanes of at least 4 members (excludes halogenated alkanes) is 2. The average molecular weight is 981 g/mol. The molecule has 5 N–H and O–H groups in total. The minimum atomic E-state index is -4.60. The number of amides is 3. The van der Waals surface area contributed by atoms with Gasteiger partial charge in [0.15, 0.2) is 0 Å². The van der Waals surface area contributed by atoms with E-state index in [0.717, 1.165) is 17.2 Å². The standard InChI is InChI=1S/C49H59ClFN4O12P/c1-35(15-14-30-67-68(62,63)55-43(49(61)66-34-38-20-10-4-11-21-38)26-28-46(58)64-32-36-16-6-2-7-17-36)53-45(57)27-25-42(48(60)65-33-37-18-8-3-9-19-37)54-44(56)22-12-5-13-29-52-47(59)39-23-24-41(51)40(50)31-39/h2-4,6-11,16-21,23-24,31,35,42-43H,5,12-15,22,25-30,32-34H2,1H3,(H,52,59)(H,53,57)(H,54,56)(H2,55,62,63)/t35-,42+,43+/m1/s1. The molecule has 0 bridgehead atoms. The summed E-state index contributed by atoms with van der Waals surface area (Å²) in [4.78, 5) is 87.7. The van der Waals surface area contributed by atoms with Crippen molar-refractivity contribution in [1.82, 2.24) is 21.0 Å². The third kappa shape index (κ3) is 21.8. The van der Waals surface area contributed by atoms with Gasteiger partial charge in [-0.1, -0.05) is 109 Å². The summed E-state index contributed by atoms with van der Waals surface area (Å²) in [6, 6.07) is 27.6. The summed E-state index contributed by atoms with van der Waals surface area (Å²) in [5, 5.41) is 10.4. The summed E-state index contributed by atoms with van der Waals surface area (Å²) in [6.45, 7) is 1.69. The Morgan fingerprint density at radius 3 is 1.78 bits per heavy atom. The van der Waals surface area contributed by atoms with Gasteiger partial charge in [-0.15, -0.1) is 0 Å². The Balaban J connectivity index is 1.20. The van der Waals surface area contributed by atoms with Gasteiger partial charge >= 0.3 is 25.7 Å². The summed E-state index contributed by atoms with van der Waals surface area (Å²) < 4.78 is 48.0. The first-order valence-corrected chi connectivity index (χ1v) is 24.3. The van der Waals surface area contributed by atoms with Gasteiger partial charge in [0.1, 0.15) is 37.7 Å². The number of ether oxygens (including phenoxy) is 3. The van der Waals surface area contributed by atoms with Gasteiger partial charge in [0.05, 0.1) is 11.6 Å². The van der Waals surface area contributed by atoms with Crippen LogP contribution < -0.4 is 21.0 Å². The van der Waals surface area contributed by atoms with E-state index < -0.39 is 67.3 Å². The summed E-state index contributed by atoms with van der Waals surface area (Å²) in [5.74, 6) is -4.05. The van der Waals surface area contributed by atoms with Crippen LogP contribution in [0, 0.1) is 5.82 Å². The van der Waals surface area contributed by atoms with Crippen molar-refractivity contribution in [3.05, 3.63) is 142 Å². The first-order chi connectivity index (χ1) is 32.7. The van der Waals surface area contributed by atoms with Gasteiger partial charge in [-0.3, -0.25) is 28.5 Å². The van der Waals surface area contributed by atoms with Crippen LogP contribution >= 0.6 is 19.3 Å². The van der Waals surface area contributed by atoms with Crippen LogP contribution in [-0.4, -0.2) is 71.8 Å². The fourth-order valence-corrected chi connectivity index (χ4v) is 7.78. The van der Waals surface area contributed by atoms with Gasteiger partial charge < -0.3 is 35.1 Å². The summed E-state index contributed by atoms with van der Waals surface area (Å²) in [7, 11) is -4.60. The lowest BCUT2D eigenvalue weighted by Gasteiger charge is -2.21. The largest absolute Gasteiger partial charge is 0.461 e. The van der Waals surface area contributed by atoms with Crippen molar-refractivity contribution < 1.29 is 61.4 Å². The number of halogens is 2. The maximum atomic E-state index is 13.4.